The molecule has 0 saturated heterocycles. The molecule has 3 aromatic carbocycles. The Morgan fingerprint density at radius 1 is 0.829 bits per heavy atom. The van der Waals surface area contributed by atoms with Crippen molar-refractivity contribution in [1.82, 2.24) is 0 Å². The number of ether oxygens (including phenoxy) is 3. The van der Waals surface area contributed by atoms with Crippen LogP contribution in [-0.4, -0.2) is 19.2 Å². The number of benzene rings is 3. The topological polar surface area (TPSA) is 44.8 Å². The molecule has 4 rings (SSSR count). The van der Waals surface area contributed by atoms with E-state index in [4.69, 9.17) is 14.2 Å². The molecule has 1 aliphatic rings. The average Bonchev–Trinajstić information content (AvgIpc) is 2.99. The van der Waals surface area contributed by atoms with Crippen molar-refractivity contribution in [3.05, 3.63) is 90.0 Å². The van der Waals surface area contributed by atoms with Gasteiger partial charge in [-0.15, -0.1) is 6.58 Å². The van der Waals surface area contributed by atoms with Gasteiger partial charge in [-0.25, -0.2) is 8.78 Å². The molecular formula is C33H34F4O4. The molecule has 0 atom stereocenters. The maximum absolute atomic E-state index is 14.9. The second kappa shape index (κ2) is 14.2. The first-order valence-electron chi connectivity index (χ1n) is 14.0. The van der Waals surface area contributed by atoms with Crippen molar-refractivity contribution in [2.75, 3.05) is 13.2 Å². The van der Waals surface area contributed by atoms with Crippen LogP contribution in [0.15, 0.2) is 61.2 Å². The SMILES string of the molecule is C=CCCOc1ccc(C2CCC(C(=O)Oc3ccc(-c4ccc(OCCCC)cc4)c(F)c3F)CC2)c(F)c1F. The highest BCUT2D eigenvalue weighted by molar-refractivity contribution is 5.76. The van der Waals surface area contributed by atoms with E-state index >= 15 is 0 Å². The van der Waals surface area contributed by atoms with Crippen molar-refractivity contribution in [1.29, 1.82) is 0 Å². The predicted molar refractivity (Wildman–Crippen MR) is 149 cm³/mol. The van der Waals surface area contributed by atoms with Crippen LogP contribution in [0, 0.1) is 29.2 Å². The highest BCUT2D eigenvalue weighted by atomic mass is 19.2. The molecule has 1 saturated carbocycles. The molecule has 8 heteroatoms. The molecule has 0 bridgehead atoms. The first-order valence-corrected chi connectivity index (χ1v) is 14.0. The summed E-state index contributed by atoms with van der Waals surface area (Å²) in [6, 6.07) is 12.2. The fraction of sp³-hybridized carbons (Fsp3) is 0.364. The molecule has 0 unspecified atom stereocenters. The number of unbranched alkanes of at least 4 members (excludes halogenated alkanes) is 1. The Morgan fingerprint density at radius 2 is 1.51 bits per heavy atom. The van der Waals surface area contributed by atoms with Crippen LogP contribution in [-0.2, 0) is 4.79 Å². The average molecular weight is 571 g/mol. The zero-order chi connectivity index (χ0) is 29.4. The van der Waals surface area contributed by atoms with Gasteiger partial charge in [-0.1, -0.05) is 37.6 Å². The second-order valence-electron chi connectivity index (χ2n) is 10.1. The molecule has 3 aromatic rings. The van der Waals surface area contributed by atoms with Crippen LogP contribution < -0.4 is 14.2 Å². The summed E-state index contributed by atoms with van der Waals surface area (Å²) in [7, 11) is 0. The van der Waals surface area contributed by atoms with Gasteiger partial charge in [-0.2, -0.15) is 8.78 Å². The minimum absolute atomic E-state index is 0.0364. The van der Waals surface area contributed by atoms with Crippen LogP contribution in [0.4, 0.5) is 17.6 Å². The van der Waals surface area contributed by atoms with Crippen molar-refractivity contribution in [2.45, 2.75) is 57.8 Å². The van der Waals surface area contributed by atoms with Crippen LogP contribution >= 0.6 is 0 Å². The maximum Gasteiger partial charge on any atom is 0.314 e. The van der Waals surface area contributed by atoms with Gasteiger partial charge in [0.1, 0.15) is 5.75 Å². The van der Waals surface area contributed by atoms with E-state index in [1.54, 1.807) is 30.3 Å². The van der Waals surface area contributed by atoms with E-state index < -0.39 is 40.9 Å². The first kappa shape index (κ1) is 30.2. The normalized spacial score (nSPS) is 16.7. The van der Waals surface area contributed by atoms with Crippen molar-refractivity contribution < 1.29 is 36.6 Å². The molecule has 1 fully saturated rings. The summed E-state index contributed by atoms with van der Waals surface area (Å²) in [5.41, 5.74) is 0.726. The maximum atomic E-state index is 14.9. The third-order valence-corrected chi connectivity index (χ3v) is 7.35. The van der Waals surface area contributed by atoms with Gasteiger partial charge < -0.3 is 14.2 Å². The van der Waals surface area contributed by atoms with Crippen LogP contribution in [0.25, 0.3) is 11.1 Å². The van der Waals surface area contributed by atoms with Gasteiger partial charge >= 0.3 is 5.97 Å². The lowest BCUT2D eigenvalue weighted by Gasteiger charge is -2.28. The first-order chi connectivity index (χ1) is 19.8. The van der Waals surface area contributed by atoms with Gasteiger partial charge in [-0.05, 0) is 85.9 Å². The number of esters is 1. The van der Waals surface area contributed by atoms with E-state index in [0.29, 0.717) is 50.0 Å². The van der Waals surface area contributed by atoms with E-state index in [0.717, 1.165) is 12.8 Å². The monoisotopic (exact) mass is 570 g/mol. The molecule has 0 aromatic heterocycles. The van der Waals surface area contributed by atoms with Crippen molar-refractivity contribution >= 4 is 5.97 Å². The van der Waals surface area contributed by atoms with Gasteiger partial charge in [0.25, 0.3) is 0 Å². The summed E-state index contributed by atoms with van der Waals surface area (Å²) < 4.78 is 75.2. The van der Waals surface area contributed by atoms with Crippen LogP contribution in [0.5, 0.6) is 17.2 Å². The molecule has 0 spiro atoms. The van der Waals surface area contributed by atoms with Crippen LogP contribution in [0.2, 0.25) is 0 Å². The number of rotatable bonds is 12. The number of carbonyl (C=O) groups excluding carboxylic acids is 1. The summed E-state index contributed by atoms with van der Waals surface area (Å²) >= 11 is 0. The Kier molecular flexibility index (Phi) is 10.4. The van der Waals surface area contributed by atoms with E-state index in [9.17, 15) is 22.4 Å². The third-order valence-electron chi connectivity index (χ3n) is 7.35. The lowest BCUT2D eigenvalue weighted by molar-refractivity contribution is -0.140. The number of halogens is 4. The number of carbonyl (C=O) groups is 1. The molecule has 4 nitrogen and oxygen atoms in total. The molecule has 1 aliphatic carbocycles. The van der Waals surface area contributed by atoms with Crippen molar-refractivity contribution in [2.24, 2.45) is 5.92 Å². The predicted octanol–water partition coefficient (Wildman–Crippen LogP) is 8.92. The molecule has 0 heterocycles. The molecular weight excluding hydrogens is 536 g/mol. The van der Waals surface area contributed by atoms with Gasteiger partial charge in [0, 0.05) is 5.56 Å². The Labute approximate surface area is 237 Å². The largest absolute Gasteiger partial charge is 0.494 e. The second-order valence-corrected chi connectivity index (χ2v) is 10.1. The molecule has 0 N–H and O–H groups in total. The number of hydrogen-bond acceptors (Lipinski definition) is 4. The molecule has 0 aliphatic heterocycles. The third kappa shape index (κ3) is 7.29. The summed E-state index contributed by atoms with van der Waals surface area (Å²) in [5, 5.41) is 0. The fourth-order valence-corrected chi connectivity index (χ4v) is 4.96. The van der Waals surface area contributed by atoms with Crippen LogP contribution in [0.1, 0.15) is 63.4 Å². The molecule has 0 radical (unpaired) electrons. The van der Waals surface area contributed by atoms with E-state index in [1.807, 2.05) is 0 Å². The Bertz CT molecular complexity index is 1350. The van der Waals surface area contributed by atoms with Gasteiger partial charge in [0.05, 0.1) is 19.1 Å². The summed E-state index contributed by atoms with van der Waals surface area (Å²) in [5.74, 6) is -5.89. The summed E-state index contributed by atoms with van der Waals surface area (Å²) in [4.78, 5) is 12.8. The van der Waals surface area contributed by atoms with Gasteiger partial charge in [0.2, 0.25) is 11.6 Å². The van der Waals surface area contributed by atoms with Gasteiger partial charge in [0.15, 0.2) is 23.1 Å². The fourth-order valence-electron chi connectivity index (χ4n) is 4.96. The van der Waals surface area contributed by atoms with Gasteiger partial charge in [-0.3, -0.25) is 4.79 Å². The Hall–Kier alpha value is -3.81. The minimum Gasteiger partial charge on any atom is -0.494 e. The molecule has 41 heavy (non-hydrogen) atoms. The lowest BCUT2D eigenvalue weighted by atomic mass is 9.78. The van der Waals surface area contributed by atoms with Crippen molar-refractivity contribution in [3.8, 4) is 28.4 Å². The van der Waals surface area contributed by atoms with Crippen molar-refractivity contribution in [3.63, 3.8) is 0 Å². The Morgan fingerprint density at radius 3 is 2.20 bits per heavy atom. The number of hydrogen-bond donors (Lipinski definition) is 0. The smallest absolute Gasteiger partial charge is 0.314 e. The van der Waals surface area contributed by atoms with E-state index in [1.165, 1.54) is 24.3 Å². The standard InChI is InChI=1S/C33H34F4O4/c1-3-5-19-39-24-13-11-22(12-14-24)26-16-18-28(32(37)30(26)35)41-33(38)23-9-7-21(8-10-23)25-15-17-27(31(36)29(25)34)40-20-6-4-2/h4,11-18,21,23H,2-3,5-10,19-20H2,1H3. The summed E-state index contributed by atoms with van der Waals surface area (Å²) in [6.45, 7) is 6.40. The molecule has 0 amide bonds. The van der Waals surface area contributed by atoms with E-state index in [-0.39, 0.29) is 29.4 Å². The zero-order valence-corrected chi connectivity index (χ0v) is 23.1. The Balaban J connectivity index is 1.35. The zero-order valence-electron chi connectivity index (χ0n) is 23.1. The van der Waals surface area contributed by atoms with Crippen LogP contribution in [0.3, 0.4) is 0 Å². The molecule has 218 valence electrons. The highest BCUT2D eigenvalue weighted by Gasteiger charge is 2.31. The quantitative estimate of drug-likeness (QED) is 0.0717. The lowest BCUT2D eigenvalue weighted by Crippen LogP contribution is -2.26. The van der Waals surface area contributed by atoms with E-state index in [2.05, 4.69) is 13.5 Å². The minimum atomic E-state index is -1.25. The summed E-state index contributed by atoms with van der Waals surface area (Å²) in [6.07, 6.45) is 5.57. The highest BCUT2D eigenvalue weighted by Crippen LogP contribution is 2.39.